The van der Waals surface area contributed by atoms with Crippen molar-refractivity contribution in [1.29, 1.82) is 0 Å². The highest BCUT2D eigenvalue weighted by atomic mass is 16.5. The number of rotatable bonds is 3. The van der Waals surface area contributed by atoms with E-state index < -0.39 is 0 Å². The van der Waals surface area contributed by atoms with Crippen molar-refractivity contribution in [3.05, 3.63) is 29.8 Å². The van der Waals surface area contributed by atoms with E-state index in [2.05, 4.69) is 24.3 Å². The molecule has 0 radical (unpaired) electrons. The average Bonchev–Trinajstić information content (AvgIpc) is 2.67. The van der Waals surface area contributed by atoms with E-state index in [1.807, 2.05) is 6.92 Å². The Morgan fingerprint density at radius 2 is 2.00 bits per heavy atom. The fourth-order valence-corrected chi connectivity index (χ4v) is 2.32. The molecule has 1 saturated carbocycles. The fraction of sp³-hybridized carbons (Fsp3) is 0.538. The minimum atomic E-state index is 0.404. The van der Waals surface area contributed by atoms with Crippen molar-refractivity contribution < 1.29 is 4.74 Å². The van der Waals surface area contributed by atoms with Crippen LogP contribution in [0.25, 0.3) is 0 Å². The predicted octanol–water partition coefficient (Wildman–Crippen LogP) is 2.68. The first-order valence-electron chi connectivity index (χ1n) is 5.78. The fourth-order valence-electron chi connectivity index (χ4n) is 2.32. The summed E-state index contributed by atoms with van der Waals surface area (Å²) in [5, 5.41) is 0. The first kappa shape index (κ1) is 10.5. The average molecular weight is 205 g/mol. The van der Waals surface area contributed by atoms with Crippen LogP contribution in [0, 0.1) is 0 Å². The van der Waals surface area contributed by atoms with Gasteiger partial charge in [0.2, 0.25) is 0 Å². The van der Waals surface area contributed by atoms with E-state index in [0.29, 0.717) is 12.0 Å². The first-order chi connectivity index (χ1) is 7.29. The maximum Gasteiger partial charge on any atom is 0.119 e. The van der Waals surface area contributed by atoms with Gasteiger partial charge in [-0.2, -0.15) is 0 Å². The van der Waals surface area contributed by atoms with E-state index >= 15 is 0 Å². The second-order valence-electron chi connectivity index (χ2n) is 4.27. The zero-order valence-corrected chi connectivity index (χ0v) is 9.28. The van der Waals surface area contributed by atoms with Gasteiger partial charge in [-0.3, -0.25) is 0 Å². The highest BCUT2D eigenvalue weighted by Crippen LogP contribution is 2.34. The minimum absolute atomic E-state index is 0.404. The molecular weight excluding hydrogens is 186 g/mol. The van der Waals surface area contributed by atoms with Crippen molar-refractivity contribution in [3.63, 3.8) is 0 Å². The van der Waals surface area contributed by atoms with E-state index in [-0.39, 0.29) is 0 Å². The van der Waals surface area contributed by atoms with Gasteiger partial charge in [0.1, 0.15) is 5.75 Å². The molecule has 82 valence electrons. The third kappa shape index (κ3) is 2.51. The molecule has 1 aromatic rings. The smallest absolute Gasteiger partial charge is 0.119 e. The number of benzene rings is 1. The molecule has 0 aromatic heterocycles. The Balaban J connectivity index is 2.03. The molecule has 0 aliphatic heterocycles. The number of hydrogen-bond acceptors (Lipinski definition) is 2. The lowest BCUT2D eigenvalue weighted by Gasteiger charge is -2.10. The second-order valence-corrected chi connectivity index (χ2v) is 4.27. The Kier molecular flexibility index (Phi) is 3.27. The molecule has 15 heavy (non-hydrogen) atoms. The molecule has 1 fully saturated rings. The SMILES string of the molecule is CCOc1ccc(C2CCC(N)C2)cc1. The van der Waals surface area contributed by atoms with Crippen molar-refractivity contribution in [2.24, 2.45) is 5.73 Å². The van der Waals surface area contributed by atoms with Gasteiger partial charge >= 0.3 is 0 Å². The summed E-state index contributed by atoms with van der Waals surface area (Å²) >= 11 is 0. The van der Waals surface area contributed by atoms with Crippen molar-refractivity contribution in [3.8, 4) is 5.75 Å². The van der Waals surface area contributed by atoms with Gasteiger partial charge in [0.05, 0.1) is 6.61 Å². The van der Waals surface area contributed by atoms with E-state index in [9.17, 15) is 0 Å². The molecule has 1 aromatic carbocycles. The van der Waals surface area contributed by atoms with Crippen LogP contribution in [0.15, 0.2) is 24.3 Å². The van der Waals surface area contributed by atoms with Crippen LogP contribution in [0.4, 0.5) is 0 Å². The maximum atomic E-state index is 5.92. The van der Waals surface area contributed by atoms with Gasteiger partial charge in [0, 0.05) is 6.04 Å². The van der Waals surface area contributed by atoms with E-state index in [1.165, 1.54) is 12.0 Å². The van der Waals surface area contributed by atoms with Gasteiger partial charge < -0.3 is 10.5 Å². The number of ether oxygens (including phenoxy) is 1. The summed E-state index contributed by atoms with van der Waals surface area (Å²) in [4.78, 5) is 0. The quantitative estimate of drug-likeness (QED) is 0.823. The van der Waals surface area contributed by atoms with E-state index in [0.717, 1.165) is 25.2 Å². The van der Waals surface area contributed by atoms with Gasteiger partial charge in [-0.25, -0.2) is 0 Å². The lowest BCUT2D eigenvalue weighted by molar-refractivity contribution is 0.340. The lowest BCUT2D eigenvalue weighted by Crippen LogP contribution is -2.14. The van der Waals surface area contributed by atoms with Crippen LogP contribution < -0.4 is 10.5 Å². The summed E-state index contributed by atoms with van der Waals surface area (Å²) in [6, 6.07) is 8.87. The molecule has 2 heteroatoms. The zero-order chi connectivity index (χ0) is 10.7. The summed E-state index contributed by atoms with van der Waals surface area (Å²) in [5.41, 5.74) is 7.32. The van der Waals surface area contributed by atoms with Gasteiger partial charge in [0.15, 0.2) is 0 Å². The van der Waals surface area contributed by atoms with E-state index in [1.54, 1.807) is 0 Å². The highest BCUT2D eigenvalue weighted by molar-refractivity contribution is 5.30. The van der Waals surface area contributed by atoms with E-state index in [4.69, 9.17) is 10.5 Å². The largest absolute Gasteiger partial charge is 0.494 e. The standard InChI is InChI=1S/C13H19NO/c1-2-15-13-7-4-10(5-8-13)11-3-6-12(14)9-11/h4-5,7-8,11-12H,2-3,6,9,14H2,1H3. The first-order valence-corrected chi connectivity index (χ1v) is 5.78. The monoisotopic (exact) mass is 205 g/mol. The van der Waals surface area contributed by atoms with Crippen LogP contribution in [0.5, 0.6) is 5.75 Å². The normalized spacial score (nSPS) is 25.5. The molecule has 0 heterocycles. The van der Waals surface area contributed by atoms with Crippen LogP contribution in [-0.4, -0.2) is 12.6 Å². The molecule has 0 saturated heterocycles. The van der Waals surface area contributed by atoms with Crippen LogP contribution in [0.2, 0.25) is 0 Å². The van der Waals surface area contributed by atoms with Crippen molar-refractivity contribution in [2.45, 2.75) is 38.1 Å². The molecule has 2 atom stereocenters. The second kappa shape index (κ2) is 4.67. The summed E-state index contributed by atoms with van der Waals surface area (Å²) in [6.07, 6.45) is 3.53. The molecular formula is C13H19NO. The number of hydrogen-bond donors (Lipinski definition) is 1. The summed E-state index contributed by atoms with van der Waals surface area (Å²) in [5.74, 6) is 1.62. The van der Waals surface area contributed by atoms with Gasteiger partial charge in [-0.05, 0) is 49.8 Å². The Morgan fingerprint density at radius 3 is 2.53 bits per heavy atom. The molecule has 2 unspecified atom stereocenters. The van der Waals surface area contributed by atoms with Crippen molar-refractivity contribution in [2.75, 3.05) is 6.61 Å². The molecule has 1 aliphatic rings. The molecule has 0 amide bonds. The third-order valence-corrected chi connectivity index (χ3v) is 3.14. The van der Waals surface area contributed by atoms with Gasteiger partial charge in [0.25, 0.3) is 0 Å². The molecule has 2 rings (SSSR count). The Hall–Kier alpha value is -1.02. The van der Waals surface area contributed by atoms with Crippen LogP contribution in [0.3, 0.4) is 0 Å². The molecule has 1 aliphatic carbocycles. The molecule has 0 spiro atoms. The van der Waals surface area contributed by atoms with Crippen LogP contribution in [0.1, 0.15) is 37.7 Å². The van der Waals surface area contributed by atoms with Crippen LogP contribution >= 0.6 is 0 Å². The molecule has 0 bridgehead atoms. The topological polar surface area (TPSA) is 35.2 Å². The highest BCUT2D eigenvalue weighted by Gasteiger charge is 2.22. The van der Waals surface area contributed by atoms with Crippen molar-refractivity contribution in [1.82, 2.24) is 0 Å². The lowest BCUT2D eigenvalue weighted by atomic mass is 9.97. The zero-order valence-electron chi connectivity index (χ0n) is 9.28. The third-order valence-electron chi connectivity index (χ3n) is 3.14. The van der Waals surface area contributed by atoms with Crippen molar-refractivity contribution >= 4 is 0 Å². The van der Waals surface area contributed by atoms with Gasteiger partial charge in [-0.1, -0.05) is 12.1 Å². The number of nitrogens with two attached hydrogens (primary N) is 1. The Morgan fingerprint density at radius 1 is 1.27 bits per heavy atom. The maximum absolute atomic E-state index is 5.92. The minimum Gasteiger partial charge on any atom is -0.494 e. The Labute approximate surface area is 91.4 Å². The van der Waals surface area contributed by atoms with Gasteiger partial charge in [-0.15, -0.1) is 0 Å². The molecule has 2 N–H and O–H groups in total. The predicted molar refractivity (Wildman–Crippen MR) is 62.2 cm³/mol. The summed E-state index contributed by atoms with van der Waals surface area (Å²) in [6.45, 7) is 2.73. The van der Waals surface area contributed by atoms with Crippen LogP contribution in [-0.2, 0) is 0 Å². The molecule has 2 nitrogen and oxygen atoms in total. The summed E-state index contributed by atoms with van der Waals surface area (Å²) < 4.78 is 5.42. The Bertz CT molecular complexity index is 307. The summed E-state index contributed by atoms with van der Waals surface area (Å²) in [7, 11) is 0.